The molecule has 1 N–H and O–H groups in total. The minimum absolute atomic E-state index is 0.0171. The standard InChI is InChI=1S/C22H26N2O3/c1-3-4-7-16-10-12-18(13-11-16)24-15-17(14-21(24)25)22(26)23-19-8-5-6-9-20(19)27-2/h5-6,8-13,17H,3-4,7,14-15H2,1-2H3,(H,23,26)/t17-/m0/s1. The molecule has 2 aromatic rings. The van der Waals surface area contributed by atoms with Gasteiger partial charge in [-0.2, -0.15) is 0 Å². The lowest BCUT2D eigenvalue weighted by molar-refractivity contribution is -0.122. The number of ether oxygens (including phenoxy) is 1. The van der Waals surface area contributed by atoms with Gasteiger partial charge >= 0.3 is 0 Å². The number of aryl methyl sites for hydroxylation is 1. The van der Waals surface area contributed by atoms with Gasteiger partial charge in [0.05, 0.1) is 18.7 Å². The van der Waals surface area contributed by atoms with E-state index in [9.17, 15) is 9.59 Å². The highest BCUT2D eigenvalue weighted by molar-refractivity contribution is 6.03. The summed E-state index contributed by atoms with van der Waals surface area (Å²) >= 11 is 0. The van der Waals surface area contributed by atoms with Crippen LogP contribution in [0.5, 0.6) is 5.75 Å². The van der Waals surface area contributed by atoms with E-state index in [0.29, 0.717) is 18.0 Å². The highest BCUT2D eigenvalue weighted by Gasteiger charge is 2.35. The molecule has 0 aromatic heterocycles. The van der Waals surface area contributed by atoms with Crippen LogP contribution >= 0.6 is 0 Å². The van der Waals surface area contributed by atoms with E-state index in [1.54, 1.807) is 24.1 Å². The number of benzene rings is 2. The van der Waals surface area contributed by atoms with Gasteiger partial charge in [-0.15, -0.1) is 0 Å². The summed E-state index contributed by atoms with van der Waals surface area (Å²) in [7, 11) is 1.57. The van der Waals surface area contributed by atoms with Crippen molar-refractivity contribution in [3.8, 4) is 5.75 Å². The molecule has 1 fully saturated rings. The first kappa shape index (κ1) is 19.0. The maximum absolute atomic E-state index is 12.6. The molecule has 2 aromatic carbocycles. The third-order valence-corrected chi connectivity index (χ3v) is 4.93. The Balaban J connectivity index is 1.65. The van der Waals surface area contributed by atoms with Crippen molar-refractivity contribution >= 4 is 23.2 Å². The van der Waals surface area contributed by atoms with E-state index in [-0.39, 0.29) is 24.2 Å². The molecule has 0 spiro atoms. The molecule has 0 saturated carbocycles. The van der Waals surface area contributed by atoms with Gasteiger partial charge in [0.2, 0.25) is 11.8 Å². The van der Waals surface area contributed by atoms with Crippen LogP contribution in [-0.4, -0.2) is 25.5 Å². The highest BCUT2D eigenvalue weighted by Crippen LogP contribution is 2.28. The fourth-order valence-electron chi connectivity index (χ4n) is 3.34. The molecule has 1 heterocycles. The number of hydrogen-bond acceptors (Lipinski definition) is 3. The van der Waals surface area contributed by atoms with Crippen LogP contribution in [0.2, 0.25) is 0 Å². The summed E-state index contributed by atoms with van der Waals surface area (Å²) in [5.41, 5.74) is 2.75. The van der Waals surface area contributed by atoms with E-state index in [1.165, 1.54) is 5.56 Å². The fourth-order valence-corrected chi connectivity index (χ4v) is 3.34. The molecule has 1 aliphatic heterocycles. The lowest BCUT2D eigenvalue weighted by Crippen LogP contribution is -2.28. The molecule has 1 aliphatic rings. The van der Waals surface area contributed by atoms with Crippen LogP contribution in [0, 0.1) is 5.92 Å². The Morgan fingerprint density at radius 2 is 1.93 bits per heavy atom. The summed E-state index contributed by atoms with van der Waals surface area (Å²) in [6.07, 6.45) is 3.59. The van der Waals surface area contributed by atoms with Gasteiger partial charge < -0.3 is 15.0 Å². The average molecular weight is 366 g/mol. The summed E-state index contributed by atoms with van der Waals surface area (Å²) < 4.78 is 5.27. The molecule has 5 nitrogen and oxygen atoms in total. The van der Waals surface area contributed by atoms with Crippen LogP contribution in [-0.2, 0) is 16.0 Å². The molecule has 0 aliphatic carbocycles. The molecular formula is C22H26N2O3. The number of anilines is 2. The molecule has 142 valence electrons. The van der Waals surface area contributed by atoms with E-state index in [1.807, 2.05) is 24.3 Å². The maximum atomic E-state index is 12.6. The third-order valence-electron chi connectivity index (χ3n) is 4.93. The predicted octanol–water partition coefficient (Wildman–Crippen LogP) is 4.03. The molecule has 1 saturated heterocycles. The van der Waals surface area contributed by atoms with Crippen molar-refractivity contribution in [2.24, 2.45) is 5.92 Å². The number of methoxy groups -OCH3 is 1. The monoisotopic (exact) mass is 366 g/mol. The molecule has 1 atom stereocenters. The van der Waals surface area contributed by atoms with Gasteiger partial charge in [-0.25, -0.2) is 0 Å². The zero-order valence-electron chi connectivity index (χ0n) is 15.9. The molecule has 5 heteroatoms. The quantitative estimate of drug-likeness (QED) is 0.805. The molecular weight excluding hydrogens is 340 g/mol. The first-order valence-corrected chi connectivity index (χ1v) is 9.45. The molecule has 0 bridgehead atoms. The second-order valence-electron chi connectivity index (χ2n) is 6.86. The minimum Gasteiger partial charge on any atom is -0.495 e. The second-order valence-corrected chi connectivity index (χ2v) is 6.86. The smallest absolute Gasteiger partial charge is 0.229 e. The number of carbonyl (C=O) groups excluding carboxylic acids is 2. The van der Waals surface area contributed by atoms with Gasteiger partial charge in [0.25, 0.3) is 0 Å². The van der Waals surface area contributed by atoms with Crippen molar-refractivity contribution in [3.63, 3.8) is 0 Å². The van der Waals surface area contributed by atoms with Gasteiger partial charge in [0, 0.05) is 18.7 Å². The van der Waals surface area contributed by atoms with Gasteiger partial charge in [0.1, 0.15) is 5.75 Å². The Bertz CT molecular complexity index is 801. The minimum atomic E-state index is -0.373. The van der Waals surface area contributed by atoms with Crippen LogP contribution in [0.3, 0.4) is 0 Å². The van der Waals surface area contributed by atoms with Gasteiger partial charge in [-0.05, 0) is 42.7 Å². The first-order valence-electron chi connectivity index (χ1n) is 9.45. The first-order chi connectivity index (χ1) is 13.1. The summed E-state index contributed by atoms with van der Waals surface area (Å²) in [5.74, 6) is 0.0586. The van der Waals surface area contributed by atoms with E-state index >= 15 is 0 Å². The largest absolute Gasteiger partial charge is 0.495 e. The van der Waals surface area contributed by atoms with Gasteiger partial charge in [-0.1, -0.05) is 37.6 Å². The number of para-hydroxylation sites is 2. The topological polar surface area (TPSA) is 58.6 Å². The number of carbonyl (C=O) groups is 2. The van der Waals surface area contributed by atoms with Crippen molar-refractivity contribution in [2.45, 2.75) is 32.6 Å². The van der Waals surface area contributed by atoms with Gasteiger partial charge in [-0.3, -0.25) is 9.59 Å². The normalized spacial score (nSPS) is 16.4. The van der Waals surface area contributed by atoms with E-state index in [4.69, 9.17) is 4.74 Å². The van der Waals surface area contributed by atoms with E-state index < -0.39 is 0 Å². The number of nitrogens with zero attached hydrogens (tertiary/aromatic N) is 1. The number of hydrogen-bond donors (Lipinski definition) is 1. The Morgan fingerprint density at radius 1 is 1.19 bits per heavy atom. The Morgan fingerprint density at radius 3 is 2.63 bits per heavy atom. The lowest BCUT2D eigenvalue weighted by atomic mass is 10.1. The predicted molar refractivity (Wildman–Crippen MR) is 107 cm³/mol. The second kappa shape index (κ2) is 8.71. The SMILES string of the molecule is CCCCc1ccc(N2C[C@@H](C(=O)Nc3ccccc3OC)CC2=O)cc1. The number of amides is 2. The summed E-state index contributed by atoms with van der Waals surface area (Å²) in [6, 6.07) is 15.4. The van der Waals surface area contributed by atoms with Crippen molar-refractivity contribution < 1.29 is 14.3 Å². The van der Waals surface area contributed by atoms with Crippen LogP contribution in [0.4, 0.5) is 11.4 Å². The third kappa shape index (κ3) is 4.48. The summed E-state index contributed by atoms with van der Waals surface area (Å²) in [4.78, 5) is 26.8. The summed E-state index contributed by atoms with van der Waals surface area (Å²) in [6.45, 7) is 2.57. The molecule has 27 heavy (non-hydrogen) atoms. The fraction of sp³-hybridized carbons (Fsp3) is 0.364. The van der Waals surface area contributed by atoms with Crippen molar-refractivity contribution in [1.29, 1.82) is 0 Å². The molecule has 3 rings (SSSR count). The number of rotatable bonds is 7. The zero-order valence-corrected chi connectivity index (χ0v) is 15.9. The Labute approximate surface area is 160 Å². The number of unbranched alkanes of at least 4 members (excludes halogenated alkanes) is 1. The van der Waals surface area contributed by atoms with Crippen molar-refractivity contribution in [2.75, 3.05) is 23.9 Å². The van der Waals surface area contributed by atoms with Crippen LogP contribution in [0.1, 0.15) is 31.7 Å². The van der Waals surface area contributed by atoms with Gasteiger partial charge in [0.15, 0.2) is 0 Å². The van der Waals surface area contributed by atoms with Crippen molar-refractivity contribution in [1.82, 2.24) is 0 Å². The van der Waals surface area contributed by atoms with E-state index in [2.05, 4.69) is 24.4 Å². The van der Waals surface area contributed by atoms with E-state index in [0.717, 1.165) is 24.9 Å². The molecule has 2 amide bonds. The van der Waals surface area contributed by atoms with Crippen LogP contribution in [0.15, 0.2) is 48.5 Å². The summed E-state index contributed by atoms with van der Waals surface area (Å²) in [5, 5.41) is 2.89. The maximum Gasteiger partial charge on any atom is 0.229 e. The van der Waals surface area contributed by atoms with Crippen LogP contribution in [0.25, 0.3) is 0 Å². The zero-order chi connectivity index (χ0) is 19.2. The Hall–Kier alpha value is -2.82. The average Bonchev–Trinajstić information content (AvgIpc) is 3.09. The lowest BCUT2D eigenvalue weighted by Gasteiger charge is -2.17. The highest BCUT2D eigenvalue weighted by atomic mass is 16.5. The number of nitrogens with one attached hydrogen (secondary N) is 1. The van der Waals surface area contributed by atoms with Crippen molar-refractivity contribution in [3.05, 3.63) is 54.1 Å². The Kier molecular flexibility index (Phi) is 6.12. The van der Waals surface area contributed by atoms with Crippen LogP contribution < -0.4 is 15.0 Å². The molecule has 0 unspecified atom stereocenters. The molecule has 0 radical (unpaired) electrons.